The van der Waals surface area contributed by atoms with E-state index in [4.69, 9.17) is 21.1 Å². The van der Waals surface area contributed by atoms with Crippen molar-refractivity contribution in [2.45, 2.75) is 0 Å². The molecular weight excluding hydrogens is 372 g/mol. The first-order chi connectivity index (χ1) is 10.6. The monoisotopic (exact) mass is 380 g/mol. The first kappa shape index (κ1) is 14.9. The van der Waals surface area contributed by atoms with E-state index >= 15 is 0 Å². The van der Waals surface area contributed by atoms with Gasteiger partial charge in [-0.25, -0.2) is 5.43 Å². The number of hydrazone groups is 1. The number of fused-ring (bicyclic) bond motifs is 1. The minimum Gasteiger partial charge on any atom is -0.454 e. The Labute approximate surface area is 140 Å². The van der Waals surface area contributed by atoms with Gasteiger partial charge in [0, 0.05) is 10.6 Å². The zero-order valence-electron chi connectivity index (χ0n) is 11.2. The van der Waals surface area contributed by atoms with Gasteiger partial charge in [-0.2, -0.15) is 5.10 Å². The van der Waals surface area contributed by atoms with Crippen LogP contribution in [0, 0.1) is 0 Å². The van der Waals surface area contributed by atoms with Crippen LogP contribution in [-0.4, -0.2) is 18.9 Å². The van der Waals surface area contributed by atoms with Gasteiger partial charge in [-0.15, -0.1) is 0 Å². The van der Waals surface area contributed by atoms with Gasteiger partial charge >= 0.3 is 0 Å². The number of hydrogen-bond acceptors (Lipinski definition) is 4. The van der Waals surface area contributed by atoms with Crippen LogP contribution in [0.1, 0.15) is 15.9 Å². The Morgan fingerprint density at radius 1 is 1.32 bits per heavy atom. The Bertz CT molecular complexity index is 764. The van der Waals surface area contributed by atoms with E-state index in [0.29, 0.717) is 22.1 Å². The fourth-order valence-electron chi connectivity index (χ4n) is 1.92. The topological polar surface area (TPSA) is 59.9 Å². The average Bonchev–Trinajstić information content (AvgIpc) is 2.96. The predicted octanol–water partition coefficient (Wildman–Crippen LogP) is 3.60. The zero-order valence-corrected chi connectivity index (χ0v) is 13.5. The van der Waals surface area contributed by atoms with Gasteiger partial charge < -0.3 is 9.47 Å². The molecule has 5 nitrogen and oxygen atoms in total. The molecule has 2 aromatic rings. The lowest BCUT2D eigenvalue weighted by molar-refractivity contribution is 0.0955. The summed E-state index contributed by atoms with van der Waals surface area (Å²) in [7, 11) is 0. The summed E-state index contributed by atoms with van der Waals surface area (Å²) in [4.78, 5) is 11.9. The summed E-state index contributed by atoms with van der Waals surface area (Å²) in [5, 5.41) is 4.43. The standard InChI is InChI=1S/C15H10BrClN2O3/c16-12-4-9(5-13-14(12)22-8-21-13)7-18-19-15(20)10-2-1-3-11(17)6-10/h1-7H,8H2,(H,19,20)/b18-7-. The summed E-state index contributed by atoms with van der Waals surface area (Å²) >= 11 is 9.24. The lowest BCUT2D eigenvalue weighted by Gasteiger charge is -2.02. The van der Waals surface area contributed by atoms with Crippen molar-refractivity contribution in [3.05, 3.63) is 57.0 Å². The maximum absolute atomic E-state index is 11.9. The van der Waals surface area contributed by atoms with Crippen molar-refractivity contribution >= 4 is 39.7 Å². The van der Waals surface area contributed by atoms with Crippen molar-refractivity contribution in [3.8, 4) is 11.5 Å². The second kappa shape index (κ2) is 6.37. The molecule has 0 fully saturated rings. The molecule has 2 aromatic carbocycles. The normalized spacial score (nSPS) is 12.6. The molecule has 0 bridgehead atoms. The maximum atomic E-state index is 11.9. The number of carbonyl (C=O) groups excluding carboxylic acids is 1. The molecule has 22 heavy (non-hydrogen) atoms. The summed E-state index contributed by atoms with van der Waals surface area (Å²) in [6, 6.07) is 10.2. The van der Waals surface area contributed by atoms with Gasteiger partial charge in [0.25, 0.3) is 5.91 Å². The van der Waals surface area contributed by atoms with Gasteiger partial charge in [0.15, 0.2) is 11.5 Å². The second-order valence-corrected chi connectivity index (χ2v) is 5.74. The number of ether oxygens (including phenoxy) is 2. The molecule has 0 spiro atoms. The number of hydrogen-bond donors (Lipinski definition) is 1. The smallest absolute Gasteiger partial charge is 0.271 e. The van der Waals surface area contributed by atoms with Crippen LogP contribution in [0.3, 0.4) is 0 Å². The lowest BCUT2D eigenvalue weighted by Crippen LogP contribution is -2.17. The van der Waals surface area contributed by atoms with E-state index in [1.165, 1.54) is 6.21 Å². The van der Waals surface area contributed by atoms with Gasteiger partial charge in [-0.3, -0.25) is 4.79 Å². The molecule has 0 aliphatic carbocycles. The average molecular weight is 382 g/mol. The zero-order chi connectivity index (χ0) is 15.5. The van der Waals surface area contributed by atoms with Crippen LogP contribution in [0.15, 0.2) is 46.0 Å². The fourth-order valence-corrected chi connectivity index (χ4v) is 2.69. The fraction of sp³-hybridized carbons (Fsp3) is 0.0667. The van der Waals surface area contributed by atoms with Crippen molar-refractivity contribution < 1.29 is 14.3 Å². The highest BCUT2D eigenvalue weighted by Gasteiger charge is 2.17. The second-order valence-electron chi connectivity index (χ2n) is 4.45. The van der Waals surface area contributed by atoms with Crippen LogP contribution >= 0.6 is 27.5 Å². The Balaban J connectivity index is 1.70. The molecule has 0 radical (unpaired) electrons. The Morgan fingerprint density at radius 2 is 2.18 bits per heavy atom. The van der Waals surface area contributed by atoms with Gasteiger partial charge in [-0.05, 0) is 51.8 Å². The largest absolute Gasteiger partial charge is 0.454 e. The number of nitrogens with one attached hydrogen (secondary N) is 1. The first-order valence-corrected chi connectivity index (χ1v) is 7.49. The van der Waals surface area contributed by atoms with Gasteiger partial charge in [0.05, 0.1) is 10.7 Å². The number of rotatable bonds is 3. The molecule has 112 valence electrons. The number of carbonyl (C=O) groups is 1. The maximum Gasteiger partial charge on any atom is 0.271 e. The quantitative estimate of drug-likeness (QED) is 0.653. The van der Waals surface area contributed by atoms with Crippen molar-refractivity contribution in [1.82, 2.24) is 5.43 Å². The molecule has 1 aliphatic rings. The van der Waals surface area contributed by atoms with Crippen molar-refractivity contribution in [2.75, 3.05) is 6.79 Å². The van der Waals surface area contributed by atoms with Crippen molar-refractivity contribution in [2.24, 2.45) is 5.10 Å². The lowest BCUT2D eigenvalue weighted by atomic mass is 10.2. The summed E-state index contributed by atoms with van der Waals surface area (Å²) in [5.41, 5.74) is 3.65. The van der Waals surface area contributed by atoms with E-state index in [0.717, 1.165) is 10.0 Å². The number of benzene rings is 2. The molecule has 0 saturated carbocycles. The van der Waals surface area contributed by atoms with E-state index in [1.54, 1.807) is 30.3 Å². The summed E-state index contributed by atoms with van der Waals surface area (Å²) in [6.45, 7) is 0.194. The van der Waals surface area contributed by atoms with Crippen LogP contribution in [0.4, 0.5) is 0 Å². The number of nitrogens with zero attached hydrogens (tertiary/aromatic N) is 1. The third-order valence-electron chi connectivity index (χ3n) is 2.92. The van der Waals surface area contributed by atoms with Crippen LogP contribution in [0.25, 0.3) is 0 Å². The van der Waals surface area contributed by atoms with Crippen molar-refractivity contribution in [3.63, 3.8) is 0 Å². The third-order valence-corrected chi connectivity index (χ3v) is 3.74. The highest BCUT2D eigenvalue weighted by atomic mass is 79.9. The Hall–Kier alpha value is -2.05. The highest BCUT2D eigenvalue weighted by molar-refractivity contribution is 9.10. The highest BCUT2D eigenvalue weighted by Crippen LogP contribution is 2.39. The molecule has 1 amide bonds. The summed E-state index contributed by atoms with van der Waals surface area (Å²) in [5.74, 6) is 0.968. The molecule has 0 atom stereocenters. The van der Waals surface area contributed by atoms with Crippen molar-refractivity contribution in [1.29, 1.82) is 0 Å². The summed E-state index contributed by atoms with van der Waals surface area (Å²) in [6.07, 6.45) is 1.52. The Kier molecular flexibility index (Phi) is 4.31. The number of halogens is 2. The molecule has 0 unspecified atom stereocenters. The minimum absolute atomic E-state index is 0.194. The van der Waals surface area contributed by atoms with Crippen LogP contribution in [-0.2, 0) is 0 Å². The van der Waals surface area contributed by atoms with Crippen LogP contribution in [0.2, 0.25) is 5.02 Å². The van der Waals surface area contributed by atoms with E-state index < -0.39 is 0 Å². The molecule has 0 aromatic heterocycles. The Morgan fingerprint density at radius 3 is 3.00 bits per heavy atom. The summed E-state index contributed by atoms with van der Waals surface area (Å²) < 4.78 is 11.4. The molecule has 1 N–H and O–H groups in total. The number of amides is 1. The molecule has 3 rings (SSSR count). The van der Waals surface area contributed by atoms with Crippen LogP contribution in [0.5, 0.6) is 11.5 Å². The molecule has 1 heterocycles. The van der Waals surface area contributed by atoms with E-state index in [1.807, 2.05) is 6.07 Å². The predicted molar refractivity (Wildman–Crippen MR) is 86.8 cm³/mol. The molecule has 7 heteroatoms. The van der Waals surface area contributed by atoms with E-state index in [-0.39, 0.29) is 12.7 Å². The van der Waals surface area contributed by atoms with E-state index in [9.17, 15) is 4.79 Å². The van der Waals surface area contributed by atoms with Crippen LogP contribution < -0.4 is 14.9 Å². The molecule has 1 aliphatic heterocycles. The minimum atomic E-state index is -0.335. The van der Waals surface area contributed by atoms with E-state index in [2.05, 4.69) is 26.5 Å². The first-order valence-electron chi connectivity index (χ1n) is 6.31. The SMILES string of the molecule is O=C(N/N=C\c1cc(Br)c2c(c1)OCO2)c1cccc(Cl)c1. The van der Waals surface area contributed by atoms with Gasteiger partial charge in [0.1, 0.15) is 0 Å². The third kappa shape index (κ3) is 3.23. The van der Waals surface area contributed by atoms with Gasteiger partial charge in [0.2, 0.25) is 6.79 Å². The molecule has 0 saturated heterocycles. The molecular formula is C15H10BrClN2O3. The van der Waals surface area contributed by atoms with Gasteiger partial charge in [-0.1, -0.05) is 17.7 Å².